The first-order chi connectivity index (χ1) is 22.5. The number of hydrogen-bond donors (Lipinski definition) is 0. The van der Waals surface area contributed by atoms with E-state index in [2.05, 4.69) is 98.5 Å². The smallest absolute Gasteiger partial charge is 0.227 e. The third kappa shape index (κ3) is 5.00. The molecule has 0 bridgehead atoms. The van der Waals surface area contributed by atoms with E-state index in [-0.39, 0.29) is 5.41 Å². The Kier molecular flexibility index (Phi) is 7.77. The molecule has 0 saturated heterocycles. The highest BCUT2D eigenvalue weighted by molar-refractivity contribution is 5.87. The number of fused-ring (bicyclic) bond motifs is 4. The molecule has 1 aliphatic carbocycles. The Balaban J connectivity index is 1.38. The van der Waals surface area contributed by atoms with Gasteiger partial charge in [0.05, 0.1) is 14.2 Å². The van der Waals surface area contributed by atoms with E-state index in [9.17, 15) is 0 Å². The quantitative estimate of drug-likeness (QED) is 0.155. The second kappa shape index (κ2) is 12.1. The van der Waals surface area contributed by atoms with Gasteiger partial charge in [-0.15, -0.1) is 0 Å². The molecule has 0 amide bonds. The zero-order valence-corrected chi connectivity index (χ0v) is 27.3. The molecule has 0 unspecified atom stereocenters. The molecule has 7 rings (SSSR count). The Bertz CT molecular complexity index is 1950. The van der Waals surface area contributed by atoms with Crippen LogP contribution in [0.25, 0.3) is 33.7 Å². The summed E-state index contributed by atoms with van der Waals surface area (Å²) < 4.78 is 17.3. The van der Waals surface area contributed by atoms with Crippen LogP contribution in [0, 0.1) is 6.92 Å². The average Bonchev–Trinajstić information content (AvgIpc) is 3.62. The van der Waals surface area contributed by atoms with E-state index in [1.807, 2.05) is 30.3 Å². The number of benzene rings is 5. The lowest BCUT2D eigenvalue weighted by Crippen LogP contribution is -2.25. The van der Waals surface area contributed by atoms with Gasteiger partial charge in [-0.2, -0.15) is 0 Å². The number of hydrogen-bond acceptors (Lipinski definition) is 5. The second-order valence-electron chi connectivity index (χ2n) is 12.3. The fraction of sp³-hybridized carbons (Fsp3) is 0.244. The molecule has 1 heterocycles. The lowest BCUT2D eigenvalue weighted by atomic mass is 9.71. The van der Waals surface area contributed by atoms with Crippen LogP contribution < -0.4 is 14.4 Å². The van der Waals surface area contributed by atoms with Crippen LogP contribution in [0.2, 0.25) is 0 Å². The molecule has 5 heteroatoms. The van der Waals surface area contributed by atoms with E-state index >= 15 is 0 Å². The van der Waals surface area contributed by atoms with Gasteiger partial charge in [-0.1, -0.05) is 44.9 Å². The van der Waals surface area contributed by atoms with Gasteiger partial charge in [0.15, 0.2) is 5.58 Å². The van der Waals surface area contributed by atoms with Gasteiger partial charge in [0.2, 0.25) is 5.89 Å². The molecular formula is C41H40N2O3. The highest BCUT2D eigenvalue weighted by Crippen LogP contribution is 2.56. The van der Waals surface area contributed by atoms with Gasteiger partial charge < -0.3 is 18.8 Å². The Hall–Kier alpha value is -5.03. The van der Waals surface area contributed by atoms with Crippen LogP contribution in [-0.4, -0.2) is 19.2 Å². The molecule has 1 aliphatic rings. The van der Waals surface area contributed by atoms with Gasteiger partial charge >= 0.3 is 0 Å². The third-order valence-corrected chi connectivity index (χ3v) is 9.41. The zero-order chi connectivity index (χ0) is 31.8. The van der Waals surface area contributed by atoms with E-state index in [1.165, 1.54) is 27.8 Å². The number of nitrogens with zero attached hydrogens (tertiary/aromatic N) is 2. The number of oxazole rings is 1. The predicted molar refractivity (Wildman–Crippen MR) is 188 cm³/mol. The van der Waals surface area contributed by atoms with Gasteiger partial charge in [-0.25, -0.2) is 4.98 Å². The first kappa shape index (κ1) is 29.7. The molecule has 232 valence electrons. The van der Waals surface area contributed by atoms with Crippen LogP contribution in [0.5, 0.6) is 11.5 Å². The summed E-state index contributed by atoms with van der Waals surface area (Å²) in [6, 6.07) is 36.5. The van der Waals surface area contributed by atoms with Crippen molar-refractivity contribution in [2.24, 2.45) is 0 Å². The molecule has 5 nitrogen and oxygen atoms in total. The Morgan fingerprint density at radius 1 is 0.652 bits per heavy atom. The van der Waals surface area contributed by atoms with Crippen LogP contribution in [0.4, 0.5) is 17.1 Å². The maximum absolute atomic E-state index is 6.31. The zero-order valence-electron chi connectivity index (χ0n) is 27.3. The first-order valence-electron chi connectivity index (χ1n) is 16.2. The molecule has 0 spiro atoms. The number of aryl methyl sites for hydroxylation is 1. The summed E-state index contributed by atoms with van der Waals surface area (Å²) in [7, 11) is 3.40. The average molecular weight is 609 g/mol. The summed E-state index contributed by atoms with van der Waals surface area (Å²) in [6.45, 7) is 6.68. The normalized spacial score (nSPS) is 13.0. The lowest BCUT2D eigenvalue weighted by molar-refractivity contribution is 0.415. The molecule has 1 aromatic heterocycles. The first-order valence-corrected chi connectivity index (χ1v) is 16.2. The van der Waals surface area contributed by atoms with Gasteiger partial charge in [0, 0.05) is 28.0 Å². The van der Waals surface area contributed by atoms with Crippen LogP contribution in [0.15, 0.2) is 108 Å². The molecule has 0 saturated carbocycles. The van der Waals surface area contributed by atoms with Gasteiger partial charge in [0.25, 0.3) is 0 Å². The molecule has 0 fully saturated rings. The Labute approximate surface area is 271 Å². The van der Waals surface area contributed by atoms with Crippen molar-refractivity contribution in [1.29, 1.82) is 0 Å². The maximum atomic E-state index is 6.31. The van der Waals surface area contributed by atoms with Crippen molar-refractivity contribution >= 4 is 28.2 Å². The third-order valence-electron chi connectivity index (χ3n) is 9.41. The molecule has 0 atom stereocenters. The second-order valence-corrected chi connectivity index (χ2v) is 12.3. The minimum absolute atomic E-state index is 0.117. The van der Waals surface area contributed by atoms with Crippen molar-refractivity contribution in [3.63, 3.8) is 0 Å². The van der Waals surface area contributed by atoms with Crippen LogP contribution >= 0.6 is 0 Å². The van der Waals surface area contributed by atoms with Gasteiger partial charge in [-0.3, -0.25) is 0 Å². The summed E-state index contributed by atoms with van der Waals surface area (Å²) in [4.78, 5) is 7.19. The molecule has 0 N–H and O–H groups in total. The number of methoxy groups -OCH3 is 2. The number of rotatable bonds is 10. The van der Waals surface area contributed by atoms with E-state index in [0.29, 0.717) is 5.89 Å². The highest BCUT2D eigenvalue weighted by Gasteiger charge is 2.42. The fourth-order valence-corrected chi connectivity index (χ4v) is 7.34. The number of anilines is 3. The lowest BCUT2D eigenvalue weighted by Gasteiger charge is -2.33. The van der Waals surface area contributed by atoms with Crippen molar-refractivity contribution in [3.05, 3.63) is 120 Å². The van der Waals surface area contributed by atoms with E-state index < -0.39 is 0 Å². The topological polar surface area (TPSA) is 47.7 Å². The Morgan fingerprint density at radius 3 is 1.80 bits per heavy atom. The molecular weight excluding hydrogens is 568 g/mol. The maximum Gasteiger partial charge on any atom is 0.227 e. The summed E-state index contributed by atoms with van der Waals surface area (Å²) in [6.07, 6.45) is 4.28. The largest absolute Gasteiger partial charge is 0.497 e. The van der Waals surface area contributed by atoms with Crippen molar-refractivity contribution in [3.8, 4) is 34.1 Å². The van der Waals surface area contributed by atoms with E-state index in [0.717, 1.165) is 70.9 Å². The van der Waals surface area contributed by atoms with Gasteiger partial charge in [0.1, 0.15) is 17.0 Å². The SMILES string of the molecule is CCCC1(CCC)c2cc(-c3nc4ccc(C)cc4o3)ccc2-c2ccc(N(c3ccc(OC)cc3)c3ccc(OC)cc3)cc21. The summed E-state index contributed by atoms with van der Waals surface area (Å²) >= 11 is 0. The van der Waals surface area contributed by atoms with Crippen LogP contribution in [-0.2, 0) is 5.41 Å². The summed E-state index contributed by atoms with van der Waals surface area (Å²) in [5, 5.41) is 0. The van der Waals surface area contributed by atoms with Crippen LogP contribution in [0.1, 0.15) is 56.2 Å². The minimum atomic E-state index is -0.117. The minimum Gasteiger partial charge on any atom is -0.497 e. The van der Waals surface area contributed by atoms with Gasteiger partial charge in [-0.05, 0) is 133 Å². The van der Waals surface area contributed by atoms with Crippen LogP contribution in [0.3, 0.4) is 0 Å². The monoisotopic (exact) mass is 608 g/mol. The summed E-state index contributed by atoms with van der Waals surface area (Å²) in [5.74, 6) is 2.34. The van der Waals surface area contributed by atoms with Crippen molar-refractivity contribution < 1.29 is 13.9 Å². The molecule has 0 radical (unpaired) electrons. The van der Waals surface area contributed by atoms with Crippen molar-refractivity contribution in [2.75, 3.05) is 19.1 Å². The Morgan fingerprint density at radius 2 is 1.22 bits per heavy atom. The van der Waals surface area contributed by atoms with E-state index in [4.69, 9.17) is 18.9 Å². The standard InChI is InChI=1S/C41H40N2O3/c1-6-22-41(23-7-2)36-25-28(40-42-38-21-8-27(3)24-39(38)46-40)9-19-34(36)35-20-14-31(26-37(35)41)43(29-10-15-32(44-4)16-11-29)30-12-17-33(45-5)18-13-30/h8-21,24-26H,6-7,22-23H2,1-5H3. The van der Waals surface area contributed by atoms with Crippen molar-refractivity contribution in [2.45, 2.75) is 51.9 Å². The number of ether oxygens (including phenoxy) is 2. The molecule has 6 aromatic rings. The molecule has 5 aromatic carbocycles. The summed E-state index contributed by atoms with van der Waals surface area (Å²) in [5.41, 5.74) is 12.4. The predicted octanol–water partition coefficient (Wildman–Crippen LogP) is 11.2. The van der Waals surface area contributed by atoms with Crippen molar-refractivity contribution in [1.82, 2.24) is 4.98 Å². The molecule has 46 heavy (non-hydrogen) atoms. The fourth-order valence-electron chi connectivity index (χ4n) is 7.34. The molecule has 0 aliphatic heterocycles. The number of aromatic nitrogens is 1. The van der Waals surface area contributed by atoms with E-state index in [1.54, 1.807) is 14.2 Å². The highest BCUT2D eigenvalue weighted by atomic mass is 16.5.